The molecule has 2 aromatic carbocycles. The number of carboxylic acid groups (broad SMARTS) is 1. The van der Waals surface area contributed by atoms with Crippen molar-refractivity contribution in [2.75, 3.05) is 11.5 Å². The summed E-state index contributed by atoms with van der Waals surface area (Å²) in [6, 6.07) is 8.25. The van der Waals surface area contributed by atoms with Gasteiger partial charge in [0.15, 0.2) is 0 Å². The zero-order valence-corrected chi connectivity index (χ0v) is 10.4. The van der Waals surface area contributed by atoms with Gasteiger partial charge in [0.25, 0.3) is 0 Å². The van der Waals surface area contributed by atoms with Gasteiger partial charge in [0.2, 0.25) is 0 Å². The summed E-state index contributed by atoms with van der Waals surface area (Å²) in [7, 11) is 0. The Morgan fingerprint density at radius 3 is 1.65 bits per heavy atom. The molecule has 2 rings (SSSR count). The van der Waals surface area contributed by atoms with E-state index in [9.17, 15) is 20.1 Å². The van der Waals surface area contributed by atoms with Crippen LogP contribution in [0.15, 0.2) is 36.4 Å². The van der Waals surface area contributed by atoms with E-state index in [-0.39, 0.29) is 22.6 Å². The number of phenolic OH excluding ortho intramolecular Hbond substituents is 2. The highest BCUT2D eigenvalue weighted by Crippen LogP contribution is 2.37. The fourth-order valence-electron chi connectivity index (χ4n) is 2.04. The van der Waals surface area contributed by atoms with Crippen molar-refractivity contribution in [1.29, 1.82) is 0 Å². The number of hydrogen-bond acceptors (Lipinski definition) is 5. The van der Waals surface area contributed by atoms with Crippen molar-refractivity contribution in [3.8, 4) is 11.5 Å². The van der Waals surface area contributed by atoms with E-state index in [2.05, 4.69) is 0 Å². The fourth-order valence-corrected chi connectivity index (χ4v) is 2.04. The maximum Gasteiger partial charge on any atom is 0.315 e. The average Bonchev–Trinajstić information content (AvgIpc) is 2.37. The van der Waals surface area contributed by atoms with Crippen LogP contribution in [0.3, 0.4) is 0 Å². The van der Waals surface area contributed by atoms with Gasteiger partial charge in [-0.1, -0.05) is 0 Å². The van der Waals surface area contributed by atoms with E-state index >= 15 is 0 Å². The van der Waals surface area contributed by atoms with E-state index in [1.807, 2.05) is 0 Å². The van der Waals surface area contributed by atoms with Crippen LogP contribution < -0.4 is 11.5 Å². The summed E-state index contributed by atoms with van der Waals surface area (Å²) in [4.78, 5) is 11.5. The first-order valence-corrected chi connectivity index (χ1v) is 5.79. The summed E-state index contributed by atoms with van der Waals surface area (Å²) in [5, 5.41) is 29.1. The molecule has 0 saturated carbocycles. The summed E-state index contributed by atoms with van der Waals surface area (Å²) < 4.78 is 0. The second-order valence-electron chi connectivity index (χ2n) is 4.41. The summed E-state index contributed by atoms with van der Waals surface area (Å²) in [5.41, 5.74) is 12.1. The van der Waals surface area contributed by atoms with Crippen molar-refractivity contribution in [3.63, 3.8) is 0 Å². The molecule has 0 saturated heterocycles. The summed E-state index contributed by atoms with van der Waals surface area (Å²) in [6.45, 7) is 0. The van der Waals surface area contributed by atoms with Gasteiger partial charge in [-0.3, -0.25) is 4.79 Å². The Bertz CT molecular complexity index is 619. The molecule has 0 unspecified atom stereocenters. The Hall–Kier alpha value is -2.89. The van der Waals surface area contributed by atoms with E-state index < -0.39 is 11.9 Å². The normalized spacial score (nSPS) is 10.7. The van der Waals surface area contributed by atoms with Crippen molar-refractivity contribution in [1.82, 2.24) is 0 Å². The molecule has 0 amide bonds. The lowest BCUT2D eigenvalue weighted by molar-refractivity contribution is -0.137. The van der Waals surface area contributed by atoms with Gasteiger partial charge < -0.3 is 26.8 Å². The van der Waals surface area contributed by atoms with Gasteiger partial charge in [-0.15, -0.1) is 0 Å². The van der Waals surface area contributed by atoms with Crippen LogP contribution in [0.1, 0.15) is 17.0 Å². The molecule has 0 aliphatic heterocycles. The lowest BCUT2D eigenvalue weighted by atomic mass is 9.89. The molecule has 104 valence electrons. The third-order valence-electron chi connectivity index (χ3n) is 2.97. The Labute approximate surface area is 114 Å². The first kappa shape index (κ1) is 13.5. The van der Waals surface area contributed by atoms with Crippen molar-refractivity contribution in [2.24, 2.45) is 0 Å². The Morgan fingerprint density at radius 2 is 1.30 bits per heavy atom. The zero-order valence-electron chi connectivity index (χ0n) is 10.4. The molecule has 0 bridgehead atoms. The van der Waals surface area contributed by atoms with Crippen LogP contribution in [0.2, 0.25) is 0 Å². The number of benzene rings is 2. The number of carbonyl (C=O) groups is 1. The van der Waals surface area contributed by atoms with Crippen LogP contribution in [-0.4, -0.2) is 21.3 Å². The number of anilines is 2. The molecule has 6 heteroatoms. The van der Waals surface area contributed by atoms with Crippen molar-refractivity contribution in [3.05, 3.63) is 47.5 Å². The molecule has 7 N–H and O–H groups in total. The second-order valence-corrected chi connectivity index (χ2v) is 4.41. The molecular formula is C14H14N2O4. The molecule has 20 heavy (non-hydrogen) atoms. The van der Waals surface area contributed by atoms with Gasteiger partial charge >= 0.3 is 5.97 Å². The molecule has 0 spiro atoms. The predicted octanol–water partition coefficient (Wildman–Crippen LogP) is 1.48. The van der Waals surface area contributed by atoms with E-state index in [1.54, 1.807) is 0 Å². The van der Waals surface area contributed by atoms with E-state index in [0.717, 1.165) is 0 Å². The highest BCUT2D eigenvalue weighted by Gasteiger charge is 2.28. The quantitative estimate of drug-likeness (QED) is 0.425. The largest absolute Gasteiger partial charge is 0.508 e. The van der Waals surface area contributed by atoms with Crippen LogP contribution in [0, 0.1) is 0 Å². The van der Waals surface area contributed by atoms with Crippen molar-refractivity contribution in [2.45, 2.75) is 5.92 Å². The maximum absolute atomic E-state index is 11.5. The van der Waals surface area contributed by atoms with Crippen LogP contribution >= 0.6 is 0 Å². The van der Waals surface area contributed by atoms with Crippen molar-refractivity contribution >= 4 is 17.3 Å². The van der Waals surface area contributed by atoms with E-state index in [0.29, 0.717) is 11.4 Å². The number of rotatable bonds is 3. The lowest BCUT2D eigenvalue weighted by Crippen LogP contribution is -2.14. The van der Waals surface area contributed by atoms with Crippen LogP contribution in [-0.2, 0) is 4.79 Å². The highest BCUT2D eigenvalue weighted by molar-refractivity contribution is 5.83. The number of aromatic hydroxyl groups is 2. The van der Waals surface area contributed by atoms with Crippen LogP contribution in [0.5, 0.6) is 11.5 Å². The summed E-state index contributed by atoms with van der Waals surface area (Å²) in [5.74, 6) is -2.92. The highest BCUT2D eigenvalue weighted by atomic mass is 16.4. The Balaban J connectivity index is 2.65. The first-order valence-electron chi connectivity index (χ1n) is 5.79. The summed E-state index contributed by atoms with van der Waals surface area (Å²) >= 11 is 0. The number of carboxylic acids is 1. The van der Waals surface area contributed by atoms with E-state index in [1.165, 1.54) is 36.4 Å². The van der Waals surface area contributed by atoms with Gasteiger partial charge in [-0.05, 0) is 36.4 Å². The number of aliphatic carboxylic acids is 1. The molecule has 0 radical (unpaired) electrons. The standard InChI is InChI=1S/C14H14N2O4/c15-7-1-3-11(17)9(5-7)13(14(19)20)10-6-8(16)2-4-12(10)18/h1-6,13,17-18H,15-16H2,(H,19,20). The molecule has 0 heterocycles. The number of phenols is 2. The summed E-state index contributed by atoms with van der Waals surface area (Å²) in [6.07, 6.45) is 0. The number of nitrogen functional groups attached to an aromatic ring is 2. The third-order valence-corrected chi connectivity index (χ3v) is 2.97. The second kappa shape index (κ2) is 5.00. The van der Waals surface area contributed by atoms with Gasteiger partial charge in [0.05, 0.1) is 0 Å². The molecule has 0 atom stereocenters. The predicted molar refractivity (Wildman–Crippen MR) is 74.5 cm³/mol. The van der Waals surface area contributed by atoms with Gasteiger partial charge in [-0.25, -0.2) is 0 Å². The molecule has 0 aliphatic rings. The number of hydrogen-bond donors (Lipinski definition) is 5. The minimum absolute atomic E-state index is 0.0957. The topological polar surface area (TPSA) is 130 Å². The van der Waals surface area contributed by atoms with E-state index in [4.69, 9.17) is 11.5 Å². The molecular weight excluding hydrogens is 260 g/mol. The Kier molecular flexibility index (Phi) is 3.39. The first-order chi connectivity index (χ1) is 9.40. The van der Waals surface area contributed by atoms with Gasteiger partial charge in [0, 0.05) is 22.5 Å². The Morgan fingerprint density at radius 1 is 0.900 bits per heavy atom. The number of nitrogens with two attached hydrogens (primary N) is 2. The fraction of sp³-hybridized carbons (Fsp3) is 0.0714. The molecule has 0 aliphatic carbocycles. The SMILES string of the molecule is Nc1ccc(O)c(C(C(=O)O)c2cc(N)ccc2O)c1. The van der Waals surface area contributed by atoms with Gasteiger partial charge in [0.1, 0.15) is 17.4 Å². The molecule has 0 fully saturated rings. The molecule has 0 aromatic heterocycles. The monoisotopic (exact) mass is 274 g/mol. The zero-order chi connectivity index (χ0) is 14.9. The smallest absolute Gasteiger partial charge is 0.315 e. The lowest BCUT2D eigenvalue weighted by Gasteiger charge is -2.17. The van der Waals surface area contributed by atoms with Crippen molar-refractivity contribution < 1.29 is 20.1 Å². The third kappa shape index (κ3) is 2.44. The maximum atomic E-state index is 11.5. The minimum atomic E-state index is -1.26. The van der Waals surface area contributed by atoms with Gasteiger partial charge in [-0.2, -0.15) is 0 Å². The van der Waals surface area contributed by atoms with Crippen LogP contribution in [0.4, 0.5) is 11.4 Å². The molecule has 6 nitrogen and oxygen atoms in total. The molecule has 2 aromatic rings. The average molecular weight is 274 g/mol. The minimum Gasteiger partial charge on any atom is -0.508 e. The van der Waals surface area contributed by atoms with Crippen LogP contribution in [0.25, 0.3) is 0 Å².